The molecule has 100 valence electrons. The van der Waals surface area contributed by atoms with Crippen molar-refractivity contribution in [2.75, 3.05) is 6.54 Å². The molecule has 17 heavy (non-hydrogen) atoms. The highest BCUT2D eigenvalue weighted by Gasteiger charge is 2.25. The maximum Gasteiger partial charge on any atom is 0.0109 e. The van der Waals surface area contributed by atoms with Crippen LogP contribution in [-0.4, -0.2) is 6.54 Å². The average Bonchev–Trinajstić information content (AvgIpc) is 2.32. The van der Waals surface area contributed by atoms with E-state index in [0.29, 0.717) is 12.0 Å². The molecule has 0 atom stereocenters. The summed E-state index contributed by atoms with van der Waals surface area (Å²) in [5.41, 5.74) is 8.92. The SMILES string of the molecule is CCC(CC)(CC)C(C)=CCC/C(C)=C\CN. The minimum absolute atomic E-state index is 0.436. The maximum atomic E-state index is 5.50. The molecule has 1 nitrogen and oxygen atoms in total. The summed E-state index contributed by atoms with van der Waals surface area (Å²) in [5.74, 6) is 0. The van der Waals surface area contributed by atoms with E-state index >= 15 is 0 Å². The molecule has 0 aromatic rings. The van der Waals surface area contributed by atoms with Crippen molar-refractivity contribution < 1.29 is 0 Å². The van der Waals surface area contributed by atoms with Gasteiger partial charge >= 0.3 is 0 Å². The fraction of sp³-hybridized carbons (Fsp3) is 0.750. The van der Waals surface area contributed by atoms with Crippen LogP contribution in [0.1, 0.15) is 66.7 Å². The van der Waals surface area contributed by atoms with E-state index in [-0.39, 0.29) is 0 Å². The maximum absolute atomic E-state index is 5.50. The second-order valence-electron chi connectivity index (χ2n) is 5.05. The Morgan fingerprint density at radius 2 is 1.53 bits per heavy atom. The normalized spacial score (nSPS) is 14.2. The highest BCUT2D eigenvalue weighted by molar-refractivity contribution is 5.12. The summed E-state index contributed by atoms with van der Waals surface area (Å²) < 4.78 is 0. The third kappa shape index (κ3) is 5.08. The van der Waals surface area contributed by atoms with E-state index in [1.54, 1.807) is 5.57 Å². The predicted octanol–water partition coefficient (Wildman–Crippen LogP) is 4.83. The second kappa shape index (κ2) is 8.52. The summed E-state index contributed by atoms with van der Waals surface area (Å²) in [6, 6.07) is 0. The summed E-state index contributed by atoms with van der Waals surface area (Å²) in [7, 11) is 0. The van der Waals surface area contributed by atoms with Gasteiger partial charge in [-0.3, -0.25) is 0 Å². The van der Waals surface area contributed by atoms with Gasteiger partial charge in [-0.05, 0) is 51.4 Å². The third-order valence-corrected chi connectivity index (χ3v) is 4.32. The quantitative estimate of drug-likeness (QED) is 0.601. The zero-order valence-corrected chi connectivity index (χ0v) is 12.5. The zero-order valence-electron chi connectivity index (χ0n) is 12.5. The molecule has 0 amide bonds. The van der Waals surface area contributed by atoms with Crippen molar-refractivity contribution in [2.24, 2.45) is 11.1 Å². The zero-order chi connectivity index (χ0) is 13.3. The number of allylic oxidation sites excluding steroid dienone is 3. The molecule has 0 aliphatic rings. The molecule has 0 radical (unpaired) electrons. The molecular formula is C16H31N. The molecule has 0 bridgehead atoms. The molecule has 2 N–H and O–H groups in total. The lowest BCUT2D eigenvalue weighted by Gasteiger charge is -2.32. The third-order valence-electron chi connectivity index (χ3n) is 4.32. The lowest BCUT2D eigenvalue weighted by molar-refractivity contribution is 0.313. The molecule has 1 heteroatoms. The van der Waals surface area contributed by atoms with Gasteiger partial charge in [0.15, 0.2) is 0 Å². The molecular weight excluding hydrogens is 206 g/mol. The van der Waals surface area contributed by atoms with Crippen LogP contribution in [0.2, 0.25) is 0 Å². The van der Waals surface area contributed by atoms with Crippen molar-refractivity contribution in [1.82, 2.24) is 0 Å². The highest BCUT2D eigenvalue weighted by atomic mass is 14.5. The summed E-state index contributed by atoms with van der Waals surface area (Å²) in [6.45, 7) is 12.1. The Hall–Kier alpha value is -0.560. The van der Waals surface area contributed by atoms with Crippen LogP contribution in [0.3, 0.4) is 0 Å². The van der Waals surface area contributed by atoms with Gasteiger partial charge in [-0.15, -0.1) is 0 Å². The molecule has 0 fully saturated rings. The van der Waals surface area contributed by atoms with Crippen LogP contribution in [0.15, 0.2) is 23.3 Å². The molecule has 0 aromatic heterocycles. The van der Waals surface area contributed by atoms with Crippen LogP contribution in [0.25, 0.3) is 0 Å². The topological polar surface area (TPSA) is 26.0 Å². The monoisotopic (exact) mass is 237 g/mol. The van der Waals surface area contributed by atoms with Gasteiger partial charge in [0, 0.05) is 6.54 Å². The van der Waals surface area contributed by atoms with Crippen molar-refractivity contribution in [3.05, 3.63) is 23.3 Å². The van der Waals surface area contributed by atoms with Crippen molar-refractivity contribution >= 4 is 0 Å². The Morgan fingerprint density at radius 3 is 1.94 bits per heavy atom. The summed E-state index contributed by atoms with van der Waals surface area (Å²) >= 11 is 0. The molecule has 0 aliphatic heterocycles. The first-order valence-electron chi connectivity index (χ1n) is 7.09. The Kier molecular flexibility index (Phi) is 8.24. The average molecular weight is 237 g/mol. The highest BCUT2D eigenvalue weighted by Crippen LogP contribution is 2.38. The summed E-state index contributed by atoms with van der Waals surface area (Å²) in [4.78, 5) is 0. The van der Waals surface area contributed by atoms with E-state index in [9.17, 15) is 0 Å². The fourth-order valence-corrected chi connectivity index (χ4v) is 2.62. The van der Waals surface area contributed by atoms with Gasteiger partial charge in [-0.1, -0.05) is 44.1 Å². The lowest BCUT2D eigenvalue weighted by Crippen LogP contribution is -2.19. The first-order valence-corrected chi connectivity index (χ1v) is 7.09. The van der Waals surface area contributed by atoms with Crippen LogP contribution in [0.4, 0.5) is 0 Å². The van der Waals surface area contributed by atoms with Gasteiger partial charge < -0.3 is 5.73 Å². The Labute approximate surface area is 108 Å². The van der Waals surface area contributed by atoms with E-state index in [0.717, 1.165) is 12.8 Å². The van der Waals surface area contributed by atoms with Crippen molar-refractivity contribution in [1.29, 1.82) is 0 Å². The van der Waals surface area contributed by atoms with Gasteiger partial charge in [-0.25, -0.2) is 0 Å². The molecule has 0 saturated heterocycles. The fourth-order valence-electron chi connectivity index (χ4n) is 2.62. The summed E-state index contributed by atoms with van der Waals surface area (Å²) in [5, 5.41) is 0. The predicted molar refractivity (Wildman–Crippen MR) is 79.1 cm³/mol. The first kappa shape index (κ1) is 16.4. The van der Waals surface area contributed by atoms with Crippen molar-refractivity contribution in [3.63, 3.8) is 0 Å². The van der Waals surface area contributed by atoms with Crippen molar-refractivity contribution in [3.8, 4) is 0 Å². The molecule has 0 rings (SSSR count). The van der Waals surface area contributed by atoms with Gasteiger partial charge in [0.1, 0.15) is 0 Å². The molecule has 0 aromatic carbocycles. The largest absolute Gasteiger partial charge is 0.327 e. The van der Waals surface area contributed by atoms with Crippen LogP contribution >= 0.6 is 0 Å². The van der Waals surface area contributed by atoms with E-state index in [1.807, 2.05) is 0 Å². The Balaban J connectivity index is 4.47. The minimum Gasteiger partial charge on any atom is -0.327 e. The van der Waals surface area contributed by atoms with Gasteiger partial charge in [0.2, 0.25) is 0 Å². The Bertz CT molecular complexity index is 248. The smallest absolute Gasteiger partial charge is 0.0109 e. The minimum atomic E-state index is 0.436. The summed E-state index contributed by atoms with van der Waals surface area (Å²) in [6.07, 6.45) is 10.6. The number of hydrogen-bond donors (Lipinski definition) is 1. The Morgan fingerprint density at radius 1 is 1.00 bits per heavy atom. The van der Waals surface area contributed by atoms with E-state index in [2.05, 4.69) is 46.8 Å². The molecule has 0 heterocycles. The number of hydrogen-bond acceptors (Lipinski definition) is 1. The van der Waals surface area contributed by atoms with E-state index < -0.39 is 0 Å². The van der Waals surface area contributed by atoms with E-state index in [4.69, 9.17) is 5.73 Å². The van der Waals surface area contributed by atoms with Gasteiger partial charge in [0.25, 0.3) is 0 Å². The van der Waals surface area contributed by atoms with Crippen LogP contribution in [0.5, 0.6) is 0 Å². The van der Waals surface area contributed by atoms with Crippen LogP contribution in [-0.2, 0) is 0 Å². The van der Waals surface area contributed by atoms with E-state index in [1.165, 1.54) is 24.8 Å². The van der Waals surface area contributed by atoms with Gasteiger partial charge in [0.05, 0.1) is 0 Å². The lowest BCUT2D eigenvalue weighted by atomic mass is 9.73. The van der Waals surface area contributed by atoms with Crippen LogP contribution < -0.4 is 5.73 Å². The molecule has 0 unspecified atom stereocenters. The number of rotatable bonds is 8. The van der Waals surface area contributed by atoms with Gasteiger partial charge in [-0.2, -0.15) is 0 Å². The van der Waals surface area contributed by atoms with Crippen molar-refractivity contribution in [2.45, 2.75) is 66.7 Å². The molecule has 0 aliphatic carbocycles. The number of nitrogens with two attached hydrogens (primary N) is 1. The second-order valence-corrected chi connectivity index (χ2v) is 5.05. The first-order chi connectivity index (χ1) is 8.06. The molecule has 0 spiro atoms. The molecule has 0 saturated carbocycles. The van der Waals surface area contributed by atoms with Crippen LogP contribution in [0, 0.1) is 5.41 Å². The standard InChI is InChI=1S/C16H31N/c1-6-16(7-2,8-3)15(5)11-9-10-14(4)12-13-17/h11-12H,6-10,13,17H2,1-5H3/b14-12-,15-11?.